The second-order valence-corrected chi connectivity index (χ2v) is 15.3. The van der Waals surface area contributed by atoms with Gasteiger partial charge in [-0.1, -0.05) is 46.3 Å². The first kappa shape index (κ1) is 26.8. The van der Waals surface area contributed by atoms with E-state index in [0.29, 0.717) is 36.4 Å². The van der Waals surface area contributed by atoms with Crippen LogP contribution in [0.3, 0.4) is 0 Å². The van der Waals surface area contributed by atoms with E-state index in [0.717, 1.165) is 38.5 Å². The van der Waals surface area contributed by atoms with E-state index in [1.807, 2.05) is 6.92 Å². The summed E-state index contributed by atoms with van der Waals surface area (Å²) in [7, 11) is 0. The maximum Gasteiger partial charge on any atom is 0.158 e. The molecule has 36 heavy (non-hydrogen) atoms. The van der Waals surface area contributed by atoms with Crippen molar-refractivity contribution in [3.63, 3.8) is 0 Å². The first-order valence-corrected chi connectivity index (χ1v) is 14.4. The molecule has 5 nitrogen and oxygen atoms in total. The van der Waals surface area contributed by atoms with Crippen LogP contribution >= 0.6 is 0 Å². The van der Waals surface area contributed by atoms with Gasteiger partial charge in [-0.3, -0.25) is 4.79 Å². The molecule has 0 radical (unpaired) electrons. The van der Waals surface area contributed by atoms with Gasteiger partial charge in [-0.05, 0) is 99.7 Å². The van der Waals surface area contributed by atoms with Crippen LogP contribution in [0.15, 0.2) is 11.6 Å². The lowest BCUT2D eigenvalue weighted by Crippen LogP contribution is -2.57. The molecule has 0 aromatic rings. The largest absolute Gasteiger partial charge is 0.388 e. The third-order valence-electron chi connectivity index (χ3n) is 12.8. The Morgan fingerprint density at radius 3 is 2.36 bits per heavy atom. The van der Waals surface area contributed by atoms with Crippen LogP contribution < -0.4 is 0 Å². The SMILES string of the molecule is CC(C)(O)C(O)C1(C)CC(C2CCC3(C)C4=CCC5C(C)(C)C(=O)CCC5(C)C4CCC23C)C(O)O1. The minimum Gasteiger partial charge on any atom is -0.388 e. The monoisotopic (exact) mass is 502 g/mol. The maximum atomic E-state index is 12.9. The number of fused-ring (bicyclic) bond motifs is 5. The van der Waals surface area contributed by atoms with Crippen molar-refractivity contribution in [3.8, 4) is 0 Å². The summed E-state index contributed by atoms with van der Waals surface area (Å²) in [5, 5.41) is 32.5. The summed E-state index contributed by atoms with van der Waals surface area (Å²) in [6, 6.07) is 0. The van der Waals surface area contributed by atoms with Crippen molar-refractivity contribution in [2.24, 2.45) is 45.3 Å². The summed E-state index contributed by atoms with van der Waals surface area (Å²) in [5.74, 6) is 1.59. The quantitative estimate of drug-likeness (QED) is 0.450. The second-order valence-electron chi connectivity index (χ2n) is 15.3. The summed E-state index contributed by atoms with van der Waals surface area (Å²) in [4.78, 5) is 12.9. The Morgan fingerprint density at radius 1 is 1.06 bits per heavy atom. The number of aliphatic hydroxyl groups is 3. The first-order chi connectivity index (χ1) is 16.4. The Labute approximate surface area is 218 Å². The standard InChI is InChI=1S/C31H50O5/c1-26(2)22-10-9-21-20(28(22,5)14-13-23(26)32)12-16-29(6)19(11-15-30(21,29)7)18-17-31(8,36-24(18)33)25(34)27(3,4)35/h9,18-20,22,24-25,33-35H,10-17H2,1-8H3. The smallest absolute Gasteiger partial charge is 0.158 e. The predicted octanol–water partition coefficient (Wildman–Crippen LogP) is 5.41. The number of rotatable bonds is 3. The number of hydrogen-bond donors (Lipinski definition) is 3. The number of hydrogen-bond acceptors (Lipinski definition) is 5. The van der Waals surface area contributed by atoms with Crippen LogP contribution in [0.5, 0.6) is 0 Å². The normalized spacial score (nSPS) is 51.2. The fourth-order valence-electron chi connectivity index (χ4n) is 10.5. The summed E-state index contributed by atoms with van der Waals surface area (Å²) < 4.78 is 6.05. The number of ketones is 1. The van der Waals surface area contributed by atoms with E-state index in [4.69, 9.17) is 4.74 Å². The van der Waals surface area contributed by atoms with E-state index in [1.165, 1.54) is 0 Å². The molecule has 4 aliphatic carbocycles. The average molecular weight is 503 g/mol. The Hall–Kier alpha value is -0.750. The van der Waals surface area contributed by atoms with E-state index in [9.17, 15) is 20.1 Å². The highest BCUT2D eigenvalue weighted by molar-refractivity contribution is 5.85. The van der Waals surface area contributed by atoms with Crippen LogP contribution in [0, 0.1) is 45.3 Å². The van der Waals surface area contributed by atoms with Crippen LogP contribution in [0.2, 0.25) is 0 Å². The molecule has 0 spiro atoms. The van der Waals surface area contributed by atoms with Gasteiger partial charge in [-0.2, -0.15) is 0 Å². The van der Waals surface area contributed by atoms with Crippen LogP contribution in [0.25, 0.3) is 0 Å². The van der Waals surface area contributed by atoms with Gasteiger partial charge in [-0.25, -0.2) is 0 Å². The van der Waals surface area contributed by atoms with Crippen molar-refractivity contribution in [2.75, 3.05) is 0 Å². The van der Waals surface area contributed by atoms with E-state index >= 15 is 0 Å². The minimum absolute atomic E-state index is 0.0402. The zero-order valence-corrected chi connectivity index (χ0v) is 23.9. The van der Waals surface area contributed by atoms with Gasteiger partial charge in [0.05, 0.1) is 11.2 Å². The molecule has 3 saturated carbocycles. The molecule has 10 unspecified atom stereocenters. The van der Waals surface area contributed by atoms with E-state index in [1.54, 1.807) is 19.4 Å². The Kier molecular flexibility index (Phi) is 5.89. The van der Waals surface area contributed by atoms with Gasteiger partial charge in [0.25, 0.3) is 0 Å². The minimum atomic E-state index is -1.30. The van der Waals surface area contributed by atoms with Gasteiger partial charge >= 0.3 is 0 Å². The lowest BCUT2D eigenvalue weighted by Gasteiger charge is -2.63. The molecular formula is C31H50O5. The molecular weight excluding hydrogens is 452 g/mol. The van der Waals surface area contributed by atoms with Crippen molar-refractivity contribution in [1.82, 2.24) is 0 Å². The van der Waals surface area contributed by atoms with Gasteiger partial charge in [-0.15, -0.1) is 0 Å². The molecule has 204 valence electrons. The number of Topliss-reactive ketones (excluding diaryl/α,β-unsaturated/α-hetero) is 1. The molecule has 0 amide bonds. The fourth-order valence-corrected chi connectivity index (χ4v) is 10.5. The predicted molar refractivity (Wildman–Crippen MR) is 140 cm³/mol. The fraction of sp³-hybridized carbons (Fsp3) is 0.903. The van der Waals surface area contributed by atoms with Gasteiger partial charge in [0.2, 0.25) is 0 Å². The molecule has 0 aromatic carbocycles. The van der Waals surface area contributed by atoms with Crippen LogP contribution in [0.1, 0.15) is 107 Å². The van der Waals surface area contributed by atoms with Gasteiger partial charge in [0, 0.05) is 17.8 Å². The molecule has 3 N–H and O–H groups in total. The zero-order valence-electron chi connectivity index (χ0n) is 23.9. The number of ether oxygens (including phenoxy) is 1. The number of aliphatic hydroxyl groups excluding tert-OH is 2. The van der Waals surface area contributed by atoms with Crippen LogP contribution in [0.4, 0.5) is 0 Å². The molecule has 1 heterocycles. The van der Waals surface area contributed by atoms with Crippen LogP contribution in [-0.2, 0) is 9.53 Å². The average Bonchev–Trinajstić information content (AvgIpc) is 3.22. The first-order valence-electron chi connectivity index (χ1n) is 14.4. The van der Waals surface area contributed by atoms with E-state index < -0.39 is 23.6 Å². The third kappa shape index (κ3) is 3.37. The summed E-state index contributed by atoms with van der Waals surface area (Å²) >= 11 is 0. The van der Waals surface area contributed by atoms with Crippen molar-refractivity contribution >= 4 is 5.78 Å². The molecule has 10 atom stereocenters. The second kappa shape index (κ2) is 7.90. The van der Waals surface area contributed by atoms with Gasteiger partial charge in [0.1, 0.15) is 11.9 Å². The molecule has 4 fully saturated rings. The highest BCUT2D eigenvalue weighted by atomic mass is 16.6. The van der Waals surface area contributed by atoms with Crippen molar-refractivity contribution < 1.29 is 24.9 Å². The highest BCUT2D eigenvalue weighted by Crippen LogP contribution is 2.73. The van der Waals surface area contributed by atoms with Crippen LogP contribution in [-0.4, -0.2) is 44.7 Å². The van der Waals surface area contributed by atoms with Crippen molar-refractivity contribution in [2.45, 2.75) is 130 Å². The van der Waals surface area contributed by atoms with Gasteiger partial charge in [0.15, 0.2) is 6.29 Å². The molecule has 5 aliphatic rings. The Morgan fingerprint density at radius 2 is 1.72 bits per heavy atom. The van der Waals surface area contributed by atoms with Crippen molar-refractivity contribution in [3.05, 3.63) is 11.6 Å². The summed E-state index contributed by atoms with van der Waals surface area (Å²) in [5.41, 5.74) is -0.646. The molecule has 0 aromatic heterocycles. The lowest BCUT2D eigenvalue weighted by molar-refractivity contribution is -0.211. The lowest BCUT2D eigenvalue weighted by atomic mass is 9.41. The van der Waals surface area contributed by atoms with E-state index in [-0.39, 0.29) is 27.6 Å². The number of carbonyl (C=O) groups excluding carboxylic acids is 1. The molecule has 0 bridgehead atoms. The molecule has 5 rings (SSSR count). The van der Waals surface area contributed by atoms with Gasteiger partial charge < -0.3 is 20.1 Å². The molecule has 1 aliphatic heterocycles. The van der Waals surface area contributed by atoms with E-state index in [2.05, 4.69) is 40.7 Å². The maximum absolute atomic E-state index is 12.9. The highest BCUT2D eigenvalue weighted by Gasteiger charge is 2.67. The zero-order chi connectivity index (χ0) is 26.7. The summed E-state index contributed by atoms with van der Waals surface area (Å²) in [6.45, 7) is 16.8. The van der Waals surface area contributed by atoms with Crippen molar-refractivity contribution in [1.29, 1.82) is 0 Å². The number of allylic oxidation sites excluding steroid dienone is 2. The Balaban J connectivity index is 1.46. The summed E-state index contributed by atoms with van der Waals surface area (Å²) in [6.07, 6.45) is 8.16. The Bertz CT molecular complexity index is 963. The third-order valence-corrected chi connectivity index (χ3v) is 12.8. The molecule has 5 heteroatoms. The number of carbonyl (C=O) groups is 1. The topological polar surface area (TPSA) is 87.0 Å². The molecule has 1 saturated heterocycles.